The number of amides is 2. The zero-order valence-electron chi connectivity index (χ0n) is 22.2. The predicted octanol–water partition coefficient (Wildman–Crippen LogP) is 3.75. The number of hydrogen-bond donors (Lipinski definition) is 2. The van der Waals surface area contributed by atoms with Gasteiger partial charge in [-0.15, -0.1) is 0 Å². The number of hydrogen-bond acceptors (Lipinski definition) is 5. The Hall–Kier alpha value is -3.79. The second-order valence-corrected chi connectivity index (χ2v) is 12.1. The maximum absolute atomic E-state index is 13.3. The average molecular weight is 560 g/mol. The molecule has 208 valence electrons. The summed E-state index contributed by atoms with van der Waals surface area (Å²) in [7, 11) is -3.75. The third-order valence-electron chi connectivity index (χ3n) is 7.52. The fourth-order valence-corrected chi connectivity index (χ4v) is 6.74. The number of sulfonamides is 1. The molecule has 0 aliphatic carbocycles. The predicted molar refractivity (Wildman–Crippen MR) is 153 cm³/mol. The number of piperidine rings is 1. The summed E-state index contributed by atoms with van der Waals surface area (Å²) < 4.78 is 33.9. The maximum atomic E-state index is 13.3. The standard InChI is InChI=1S/C31H33N3O5S/c1-2-29(35)33-30-20-26-17-19-34(21-28(26)39-30)40(37,38)27-14-12-25(13-15-27)31(36)32-18-16-22-8-10-24(11-9-22)23-6-4-3-5-7-23/h2-15,26,28,30H,1,16-21H2,(H,32,36)(H,33,35). The molecule has 2 aliphatic heterocycles. The van der Waals surface area contributed by atoms with Crippen molar-refractivity contribution in [3.05, 3.63) is 103 Å². The summed E-state index contributed by atoms with van der Waals surface area (Å²) in [6, 6.07) is 24.4. The summed E-state index contributed by atoms with van der Waals surface area (Å²) in [4.78, 5) is 24.4. The second kappa shape index (κ2) is 12.2. The van der Waals surface area contributed by atoms with E-state index in [9.17, 15) is 18.0 Å². The number of ether oxygens (including phenoxy) is 1. The van der Waals surface area contributed by atoms with E-state index in [1.165, 1.54) is 34.6 Å². The van der Waals surface area contributed by atoms with Crippen molar-refractivity contribution in [2.45, 2.75) is 36.5 Å². The van der Waals surface area contributed by atoms with Crippen molar-refractivity contribution in [1.29, 1.82) is 0 Å². The molecule has 40 heavy (non-hydrogen) atoms. The topological polar surface area (TPSA) is 105 Å². The minimum Gasteiger partial charge on any atom is -0.354 e. The third kappa shape index (κ3) is 6.33. The minimum absolute atomic E-state index is 0.135. The van der Waals surface area contributed by atoms with E-state index in [1.807, 2.05) is 18.2 Å². The molecule has 3 aromatic rings. The molecule has 2 N–H and O–H groups in total. The van der Waals surface area contributed by atoms with Crippen LogP contribution in [0, 0.1) is 5.92 Å². The molecule has 3 unspecified atom stereocenters. The SMILES string of the molecule is C=CC(=O)NC1CC2CCN(S(=O)(=O)c3ccc(C(=O)NCCc4ccc(-c5ccccc5)cc4)cc3)CC2O1. The van der Waals surface area contributed by atoms with E-state index in [-0.39, 0.29) is 35.3 Å². The number of carbonyl (C=O) groups is 2. The molecule has 8 nitrogen and oxygen atoms in total. The molecule has 3 atom stereocenters. The smallest absolute Gasteiger partial charge is 0.251 e. The summed E-state index contributed by atoms with van der Waals surface area (Å²) in [5, 5.41) is 5.64. The van der Waals surface area contributed by atoms with Gasteiger partial charge in [-0.05, 0) is 72.2 Å². The van der Waals surface area contributed by atoms with Crippen molar-refractivity contribution in [3.63, 3.8) is 0 Å². The van der Waals surface area contributed by atoms with Crippen molar-refractivity contribution in [3.8, 4) is 11.1 Å². The van der Waals surface area contributed by atoms with Gasteiger partial charge in [-0.2, -0.15) is 4.31 Å². The van der Waals surface area contributed by atoms with E-state index in [1.54, 1.807) is 0 Å². The van der Waals surface area contributed by atoms with E-state index in [2.05, 4.69) is 53.6 Å². The van der Waals surface area contributed by atoms with Crippen LogP contribution in [0.2, 0.25) is 0 Å². The Morgan fingerprint density at radius 1 is 0.975 bits per heavy atom. The van der Waals surface area contributed by atoms with Crippen LogP contribution in [-0.2, 0) is 26.0 Å². The Kier molecular flexibility index (Phi) is 8.44. The third-order valence-corrected chi connectivity index (χ3v) is 9.40. The molecule has 2 heterocycles. The molecule has 5 rings (SSSR count). The Labute approximate surface area is 235 Å². The molecule has 3 aromatic carbocycles. The van der Waals surface area contributed by atoms with Gasteiger partial charge in [0, 0.05) is 25.2 Å². The first-order chi connectivity index (χ1) is 19.3. The maximum Gasteiger partial charge on any atom is 0.251 e. The van der Waals surface area contributed by atoms with Gasteiger partial charge in [-0.25, -0.2) is 8.42 Å². The van der Waals surface area contributed by atoms with Crippen molar-refractivity contribution in [2.24, 2.45) is 5.92 Å². The van der Waals surface area contributed by atoms with Gasteiger partial charge < -0.3 is 15.4 Å². The average Bonchev–Trinajstić information content (AvgIpc) is 3.39. The van der Waals surface area contributed by atoms with Crippen molar-refractivity contribution in [1.82, 2.24) is 14.9 Å². The highest BCUT2D eigenvalue weighted by Crippen LogP contribution is 2.34. The number of benzene rings is 3. The van der Waals surface area contributed by atoms with Crippen LogP contribution in [0.3, 0.4) is 0 Å². The van der Waals surface area contributed by atoms with Gasteiger partial charge in [0.1, 0.15) is 6.23 Å². The Morgan fingerprint density at radius 3 is 2.38 bits per heavy atom. The van der Waals surface area contributed by atoms with Gasteiger partial charge in [0.15, 0.2) is 0 Å². The van der Waals surface area contributed by atoms with Gasteiger partial charge in [0.2, 0.25) is 15.9 Å². The monoisotopic (exact) mass is 559 g/mol. The van der Waals surface area contributed by atoms with Gasteiger partial charge in [-0.1, -0.05) is 61.2 Å². The largest absolute Gasteiger partial charge is 0.354 e. The van der Waals surface area contributed by atoms with Crippen LogP contribution in [0.4, 0.5) is 0 Å². The fourth-order valence-electron chi connectivity index (χ4n) is 5.28. The van der Waals surface area contributed by atoms with Crippen LogP contribution in [0.15, 0.2) is 96.4 Å². The Balaban J connectivity index is 1.13. The Bertz CT molecular complexity index is 1460. The molecule has 0 aromatic heterocycles. The number of fused-ring (bicyclic) bond motifs is 1. The normalized spacial score (nSPS) is 20.9. The highest BCUT2D eigenvalue weighted by molar-refractivity contribution is 7.89. The van der Waals surface area contributed by atoms with Gasteiger partial charge in [0.25, 0.3) is 5.91 Å². The molecular formula is C31H33N3O5S. The zero-order valence-corrected chi connectivity index (χ0v) is 23.0. The van der Waals surface area contributed by atoms with Crippen LogP contribution in [-0.4, -0.2) is 56.5 Å². The molecule has 9 heteroatoms. The van der Waals surface area contributed by atoms with Crippen molar-refractivity contribution >= 4 is 21.8 Å². The fraction of sp³-hybridized carbons (Fsp3) is 0.290. The van der Waals surface area contributed by atoms with Crippen molar-refractivity contribution in [2.75, 3.05) is 19.6 Å². The number of nitrogens with one attached hydrogen (secondary N) is 2. The van der Waals surface area contributed by atoms with Crippen molar-refractivity contribution < 1.29 is 22.7 Å². The molecule has 0 spiro atoms. The highest BCUT2D eigenvalue weighted by atomic mass is 32.2. The van der Waals surface area contributed by atoms with Gasteiger partial charge in [-0.3, -0.25) is 9.59 Å². The van der Waals surface area contributed by atoms with Crippen LogP contribution in [0.1, 0.15) is 28.8 Å². The van der Waals surface area contributed by atoms with E-state index >= 15 is 0 Å². The molecule has 0 saturated carbocycles. The molecule has 2 saturated heterocycles. The Morgan fingerprint density at radius 2 is 1.68 bits per heavy atom. The molecule has 2 fully saturated rings. The number of rotatable bonds is 9. The van der Waals surface area contributed by atoms with E-state index < -0.39 is 16.3 Å². The van der Waals surface area contributed by atoms with Crippen LogP contribution in [0.25, 0.3) is 11.1 Å². The van der Waals surface area contributed by atoms with Crippen LogP contribution >= 0.6 is 0 Å². The lowest BCUT2D eigenvalue weighted by atomic mass is 9.94. The first kappa shape index (κ1) is 27.8. The first-order valence-corrected chi connectivity index (χ1v) is 14.9. The van der Waals surface area contributed by atoms with Gasteiger partial charge >= 0.3 is 0 Å². The van der Waals surface area contributed by atoms with E-state index in [0.717, 1.165) is 16.7 Å². The lowest BCUT2D eigenvalue weighted by Crippen LogP contribution is -2.45. The molecule has 2 aliphatic rings. The second-order valence-electron chi connectivity index (χ2n) is 10.1. The summed E-state index contributed by atoms with van der Waals surface area (Å²) in [5.74, 6) is -0.373. The molecular weight excluding hydrogens is 526 g/mol. The minimum atomic E-state index is -3.75. The quantitative estimate of drug-likeness (QED) is 0.389. The zero-order chi connectivity index (χ0) is 28.1. The van der Waals surface area contributed by atoms with Crippen LogP contribution in [0.5, 0.6) is 0 Å². The number of carbonyl (C=O) groups excluding carboxylic acids is 2. The lowest BCUT2D eigenvalue weighted by molar-refractivity contribution is -0.120. The number of nitrogens with zero attached hydrogens (tertiary/aromatic N) is 1. The molecule has 0 radical (unpaired) electrons. The van der Waals surface area contributed by atoms with E-state index in [0.29, 0.717) is 37.9 Å². The summed E-state index contributed by atoms with van der Waals surface area (Å²) in [5.41, 5.74) is 3.82. The van der Waals surface area contributed by atoms with E-state index in [4.69, 9.17) is 4.74 Å². The van der Waals surface area contributed by atoms with Gasteiger partial charge in [0.05, 0.1) is 11.0 Å². The first-order valence-electron chi connectivity index (χ1n) is 13.4. The molecule has 2 amide bonds. The summed E-state index contributed by atoms with van der Waals surface area (Å²) in [6.07, 6.45) is 2.47. The molecule has 0 bridgehead atoms. The highest BCUT2D eigenvalue weighted by Gasteiger charge is 2.42. The van der Waals surface area contributed by atoms with Crippen LogP contribution < -0.4 is 10.6 Å². The lowest BCUT2D eigenvalue weighted by Gasteiger charge is -2.33. The summed E-state index contributed by atoms with van der Waals surface area (Å²) >= 11 is 0. The summed E-state index contributed by atoms with van der Waals surface area (Å²) in [6.45, 7) is 4.52.